The van der Waals surface area contributed by atoms with Gasteiger partial charge in [-0.05, 0) is 121 Å². The van der Waals surface area contributed by atoms with Gasteiger partial charge in [0.05, 0.1) is 51.5 Å². The van der Waals surface area contributed by atoms with Crippen LogP contribution in [0.15, 0.2) is 36.4 Å². The topological polar surface area (TPSA) is 394 Å². The first-order valence-corrected chi connectivity index (χ1v) is 40.4. The van der Waals surface area contributed by atoms with Gasteiger partial charge in [0.25, 0.3) is 11.4 Å². The molecule has 1 saturated heterocycles. The molecule has 0 spiro atoms. The van der Waals surface area contributed by atoms with Gasteiger partial charge in [-0.1, -0.05) is 102 Å². The molecule has 0 saturated carbocycles. The Hall–Kier alpha value is -6.24. The van der Waals surface area contributed by atoms with Crippen LogP contribution in [0.2, 0.25) is 0 Å². The standard InChI is InChI=1S/C39H61N4O10P.C33H52N3O10PS/c1-4-5-26-40-30-36(47)20-14-10-16-27-42-54(51,52)53-32(3)37-28-33(23-25-38(37)43(49)50)29-41-39(48)21-15-9-8-12-18-34(45)17-11-6-7-13-19-35(46)24-22-31(2)44;1-25(46-47(43,44)45-2)28-22-26(19-20-29(28)36(41)42)24-34-31(38)18-14-10-9-13-17-27(37)16-12-8-6-4-5-7-11-15-21-35-32(39)23-30(48-3)33(35)40/h23,25,28,32,40H,6-22,24,26-27,29-30H2,1-3H3,(H,41,48)(H2,42,51,52);19-20,22,25,30H,4-18,21,23-24H2,1-3H3,(H,34,38)(H,43,44). The van der Waals surface area contributed by atoms with E-state index in [9.17, 15) is 82.3 Å². The van der Waals surface area contributed by atoms with Crippen molar-refractivity contribution in [2.75, 3.05) is 39.5 Å². The summed E-state index contributed by atoms with van der Waals surface area (Å²) in [6.45, 7) is 7.70. The predicted octanol–water partition coefficient (Wildman–Crippen LogP) is 13.9. The van der Waals surface area contributed by atoms with Crippen molar-refractivity contribution in [2.45, 2.75) is 277 Å². The van der Waals surface area contributed by atoms with E-state index in [0.717, 1.165) is 123 Å². The Labute approximate surface area is 606 Å². The summed E-state index contributed by atoms with van der Waals surface area (Å²) in [5.74, 6) is 5.87. The lowest BCUT2D eigenvalue weighted by Gasteiger charge is -2.19. The number of nitro groups is 2. The summed E-state index contributed by atoms with van der Waals surface area (Å²) in [7, 11) is -7.67. The molecule has 2 aromatic carbocycles. The molecule has 30 heteroatoms. The molecule has 4 amide bonds. The number of carbonyl (C=O) groups is 9. The van der Waals surface area contributed by atoms with Crippen molar-refractivity contribution in [1.29, 1.82) is 0 Å². The average molecular weight is 1490 g/mol. The van der Waals surface area contributed by atoms with Gasteiger partial charge in [-0.25, -0.2) is 14.2 Å². The fraction of sp³-hybridized carbons (Fsp3) is 0.681. The van der Waals surface area contributed by atoms with Crippen molar-refractivity contribution in [3.05, 3.63) is 78.9 Å². The predicted molar refractivity (Wildman–Crippen MR) is 392 cm³/mol. The number of benzene rings is 2. The molecule has 0 bridgehead atoms. The van der Waals surface area contributed by atoms with Gasteiger partial charge in [0.1, 0.15) is 28.9 Å². The van der Waals surface area contributed by atoms with Crippen LogP contribution in [-0.4, -0.2) is 122 Å². The zero-order chi connectivity index (χ0) is 75.7. The maximum Gasteiger partial charge on any atom is 0.472 e. The van der Waals surface area contributed by atoms with Gasteiger partial charge in [-0.15, -0.1) is 5.92 Å². The van der Waals surface area contributed by atoms with E-state index in [-0.39, 0.29) is 106 Å². The number of phosphoric acid groups is 1. The first-order chi connectivity index (χ1) is 48.6. The number of nitro benzene ring substituents is 2. The van der Waals surface area contributed by atoms with E-state index in [0.29, 0.717) is 127 Å². The van der Waals surface area contributed by atoms with Gasteiger partial charge in [-0.2, -0.15) is 11.8 Å². The summed E-state index contributed by atoms with van der Waals surface area (Å²) in [6.07, 6.45) is 24.1. The minimum Gasteiger partial charge on any atom is -0.352 e. The van der Waals surface area contributed by atoms with Crippen LogP contribution in [0.5, 0.6) is 0 Å². The minimum atomic E-state index is -4.36. The number of thioether (sulfide) groups is 1. The molecule has 5 atom stereocenters. The van der Waals surface area contributed by atoms with Crippen LogP contribution in [0.1, 0.15) is 280 Å². The Morgan fingerprint density at radius 3 is 1.41 bits per heavy atom. The molecule has 0 aliphatic carbocycles. The van der Waals surface area contributed by atoms with E-state index in [1.54, 1.807) is 6.92 Å². The molecule has 6 N–H and O–H groups in total. The van der Waals surface area contributed by atoms with Gasteiger partial charge in [0, 0.05) is 116 Å². The number of Topliss-reactive ketones (excluding diaryl/α,β-unsaturated/α-hetero) is 5. The quantitative estimate of drug-likeness (QED) is 0.00894. The molecule has 1 aliphatic rings. The molecule has 1 heterocycles. The highest BCUT2D eigenvalue weighted by molar-refractivity contribution is 8.00. The zero-order valence-corrected chi connectivity index (χ0v) is 63.5. The molecule has 1 aliphatic heterocycles. The van der Waals surface area contributed by atoms with Crippen molar-refractivity contribution >= 4 is 91.3 Å². The van der Waals surface area contributed by atoms with Crippen LogP contribution in [-0.2, 0) is 78.9 Å². The third-order valence-corrected chi connectivity index (χ3v) is 20.3. The van der Waals surface area contributed by atoms with Gasteiger partial charge in [0.2, 0.25) is 23.6 Å². The molecule has 27 nitrogen and oxygen atoms in total. The Morgan fingerprint density at radius 2 is 1.00 bits per heavy atom. The van der Waals surface area contributed by atoms with Crippen molar-refractivity contribution in [3.63, 3.8) is 0 Å². The van der Waals surface area contributed by atoms with Crippen molar-refractivity contribution in [1.82, 2.24) is 25.9 Å². The summed E-state index contributed by atoms with van der Waals surface area (Å²) < 4.78 is 39.2. The monoisotopic (exact) mass is 1490 g/mol. The van der Waals surface area contributed by atoms with Crippen molar-refractivity contribution in [3.8, 4) is 11.8 Å². The van der Waals surface area contributed by atoms with Crippen LogP contribution in [0, 0.1) is 32.1 Å². The number of unbranched alkanes of at least 4 members (excludes halogenated alkanes) is 18. The highest BCUT2D eigenvalue weighted by Crippen LogP contribution is 2.48. The van der Waals surface area contributed by atoms with Crippen LogP contribution < -0.4 is 21.0 Å². The molecular weight excluding hydrogens is 1380 g/mol. The number of amides is 4. The van der Waals surface area contributed by atoms with E-state index in [1.165, 1.54) is 73.8 Å². The number of nitrogens with one attached hydrogen (secondary N) is 4. The fourth-order valence-electron chi connectivity index (χ4n) is 11.2. The van der Waals surface area contributed by atoms with Gasteiger partial charge in [0.15, 0.2) is 0 Å². The van der Waals surface area contributed by atoms with Crippen molar-refractivity contribution in [2.24, 2.45) is 0 Å². The Morgan fingerprint density at radius 1 is 0.598 bits per heavy atom. The third kappa shape index (κ3) is 42.5. The van der Waals surface area contributed by atoms with Gasteiger partial charge < -0.3 is 25.2 Å². The Balaban J connectivity index is 0.000000698. The molecule has 0 aromatic heterocycles. The van der Waals surface area contributed by atoms with Crippen LogP contribution in [0.25, 0.3) is 0 Å². The normalized spacial score (nSPS) is 14.5. The van der Waals surface area contributed by atoms with E-state index in [2.05, 4.69) is 37.4 Å². The number of likely N-dealkylation sites (tertiary alicyclic amines) is 1. The molecule has 102 heavy (non-hydrogen) atoms. The zero-order valence-electron chi connectivity index (χ0n) is 60.9. The second kappa shape index (κ2) is 53.5. The Bertz CT molecular complexity index is 3160. The molecule has 3 rings (SSSR count). The second-order valence-corrected chi connectivity index (χ2v) is 29.9. The highest BCUT2D eigenvalue weighted by atomic mass is 32.2. The summed E-state index contributed by atoms with van der Waals surface area (Å²) >= 11 is 1.45. The number of hydrogen-bond acceptors (Lipinski definition) is 20. The minimum absolute atomic E-state index is 0.0293. The summed E-state index contributed by atoms with van der Waals surface area (Å²) in [4.78, 5) is 151. The number of imide groups is 1. The maximum atomic E-state index is 12.7. The summed E-state index contributed by atoms with van der Waals surface area (Å²) in [6, 6.07) is 8.53. The molecular formula is C72H113N7O20P2S. The smallest absolute Gasteiger partial charge is 0.352 e. The van der Waals surface area contributed by atoms with Gasteiger partial charge >= 0.3 is 15.6 Å². The lowest BCUT2D eigenvalue weighted by molar-refractivity contribution is -0.386. The van der Waals surface area contributed by atoms with E-state index >= 15 is 0 Å². The average Bonchev–Trinajstić information content (AvgIpc) is 1.08. The van der Waals surface area contributed by atoms with Crippen LogP contribution >= 0.6 is 27.3 Å². The molecule has 0 radical (unpaired) electrons. The number of nitrogens with zero attached hydrogens (tertiary/aromatic N) is 3. The largest absolute Gasteiger partial charge is 0.472 e. The third-order valence-electron chi connectivity index (χ3n) is 17.1. The summed E-state index contributed by atoms with van der Waals surface area (Å²) in [5.41, 5.74) is 0.791. The van der Waals surface area contributed by atoms with E-state index in [1.807, 2.05) is 6.26 Å². The first kappa shape index (κ1) is 91.8. The lowest BCUT2D eigenvalue weighted by Crippen LogP contribution is -2.32. The van der Waals surface area contributed by atoms with Crippen molar-refractivity contribution < 1.29 is 85.5 Å². The Kier molecular flexibility index (Phi) is 48.2. The second-order valence-electron chi connectivity index (χ2n) is 25.8. The van der Waals surface area contributed by atoms with Crippen LogP contribution in [0.3, 0.4) is 0 Å². The highest BCUT2D eigenvalue weighted by Gasteiger charge is 2.37. The maximum absolute atomic E-state index is 12.7. The molecule has 572 valence electrons. The molecule has 5 unspecified atom stereocenters. The molecule has 1 fully saturated rings. The lowest BCUT2D eigenvalue weighted by atomic mass is 10.0. The van der Waals surface area contributed by atoms with E-state index < -0.39 is 37.6 Å². The SMILES string of the molecule is CC#CCNCC(=O)CCCCCNP(=O)(O)OC(C)c1cc(CNC(=O)CCCCCCC(=O)CCCCCCC(=O)CCC(C)=O)ccc1[N+](=O)[O-].COP(=O)(O)OC(C)c1cc(CNC(=O)CCCCCCC(=O)CCCCCCCCCCN2C(=O)CC(SC)C2=O)ccc1[N+](=O)[O-]. The number of carbonyl (C=O) groups excluding carboxylic acids is 9. The first-order valence-electron chi connectivity index (χ1n) is 36.1. The molecule has 2 aromatic rings. The van der Waals surface area contributed by atoms with Crippen LogP contribution in [0.4, 0.5) is 11.4 Å². The number of ketones is 5. The van der Waals surface area contributed by atoms with Gasteiger partial charge in [-0.3, -0.25) is 82.4 Å². The van der Waals surface area contributed by atoms with E-state index in [4.69, 9.17) is 9.05 Å². The summed E-state index contributed by atoms with van der Waals surface area (Å²) in [5, 5.41) is 33.9. The number of phosphoric ester groups is 1. The number of hydrogen-bond donors (Lipinski definition) is 6. The number of rotatable bonds is 59. The fourth-order valence-corrected chi connectivity index (χ4v) is 13.5.